The molecule has 1 saturated carbocycles. The van der Waals surface area contributed by atoms with Crippen LogP contribution in [0.3, 0.4) is 0 Å². The van der Waals surface area contributed by atoms with Gasteiger partial charge in [0, 0.05) is 12.6 Å². The van der Waals surface area contributed by atoms with Crippen LogP contribution in [-0.4, -0.2) is 16.2 Å². The first kappa shape index (κ1) is 14.5. The van der Waals surface area contributed by atoms with Crippen molar-refractivity contribution in [3.63, 3.8) is 0 Å². The third-order valence-electron chi connectivity index (χ3n) is 4.05. The summed E-state index contributed by atoms with van der Waals surface area (Å²) in [5.41, 5.74) is 3.00. The summed E-state index contributed by atoms with van der Waals surface area (Å²) in [6.07, 6.45) is 2.40. The van der Waals surface area contributed by atoms with Crippen LogP contribution in [0.2, 0.25) is 0 Å². The number of anilines is 1. The van der Waals surface area contributed by atoms with Crippen molar-refractivity contribution in [1.29, 1.82) is 5.26 Å². The van der Waals surface area contributed by atoms with Crippen molar-refractivity contribution in [2.24, 2.45) is 0 Å². The summed E-state index contributed by atoms with van der Waals surface area (Å²) in [5, 5.41) is 17.0. The van der Waals surface area contributed by atoms with Gasteiger partial charge in [-0.15, -0.1) is 10.2 Å². The van der Waals surface area contributed by atoms with Crippen molar-refractivity contribution >= 4 is 5.82 Å². The van der Waals surface area contributed by atoms with Crippen LogP contribution in [-0.2, 0) is 6.54 Å². The molecule has 1 aromatic heterocycles. The molecule has 3 rings (SSSR count). The molecule has 0 radical (unpaired) electrons. The van der Waals surface area contributed by atoms with Crippen LogP contribution in [0.15, 0.2) is 36.4 Å². The highest BCUT2D eigenvalue weighted by Gasteiger charge is 2.30. The van der Waals surface area contributed by atoms with Crippen LogP contribution in [0.5, 0.6) is 0 Å². The molecule has 0 atom stereocenters. The van der Waals surface area contributed by atoms with Gasteiger partial charge >= 0.3 is 0 Å². The minimum absolute atomic E-state index is 0.362. The van der Waals surface area contributed by atoms with Crippen molar-refractivity contribution in [2.75, 3.05) is 4.90 Å². The van der Waals surface area contributed by atoms with Gasteiger partial charge in [0.25, 0.3) is 0 Å². The van der Waals surface area contributed by atoms with Crippen LogP contribution in [0, 0.1) is 11.3 Å². The van der Waals surface area contributed by atoms with Crippen molar-refractivity contribution in [3.8, 4) is 6.07 Å². The van der Waals surface area contributed by atoms with Crippen LogP contribution in [0.4, 0.5) is 5.82 Å². The van der Waals surface area contributed by atoms with E-state index in [9.17, 15) is 0 Å². The lowest BCUT2D eigenvalue weighted by molar-refractivity contribution is 0.761. The molecule has 1 aliphatic rings. The first-order valence-corrected chi connectivity index (χ1v) is 7.76. The van der Waals surface area contributed by atoms with E-state index in [2.05, 4.69) is 53.2 Å². The number of hydrogen-bond acceptors (Lipinski definition) is 4. The monoisotopic (exact) mass is 292 g/mol. The van der Waals surface area contributed by atoms with E-state index >= 15 is 0 Å². The Morgan fingerprint density at radius 2 is 1.86 bits per heavy atom. The van der Waals surface area contributed by atoms with Crippen LogP contribution >= 0.6 is 0 Å². The Balaban J connectivity index is 1.78. The van der Waals surface area contributed by atoms with E-state index in [0.717, 1.165) is 12.4 Å². The zero-order valence-electron chi connectivity index (χ0n) is 13.0. The highest BCUT2D eigenvalue weighted by Crippen LogP contribution is 2.32. The third-order valence-corrected chi connectivity index (χ3v) is 4.05. The highest BCUT2D eigenvalue weighted by molar-refractivity contribution is 5.43. The first-order chi connectivity index (χ1) is 10.7. The topological polar surface area (TPSA) is 52.8 Å². The van der Waals surface area contributed by atoms with Gasteiger partial charge in [0.2, 0.25) is 0 Å². The zero-order valence-corrected chi connectivity index (χ0v) is 13.0. The van der Waals surface area contributed by atoms with Gasteiger partial charge in [0.1, 0.15) is 6.07 Å². The fraction of sp³-hybridized carbons (Fsp3) is 0.389. The molecule has 0 unspecified atom stereocenters. The Morgan fingerprint density at radius 3 is 2.36 bits per heavy atom. The molecule has 1 aromatic carbocycles. The molecular weight excluding hydrogens is 272 g/mol. The Kier molecular flexibility index (Phi) is 4.06. The second-order valence-electron chi connectivity index (χ2n) is 6.14. The van der Waals surface area contributed by atoms with Crippen molar-refractivity contribution in [1.82, 2.24) is 10.2 Å². The molecule has 0 N–H and O–H groups in total. The maximum atomic E-state index is 8.83. The van der Waals surface area contributed by atoms with E-state index in [-0.39, 0.29) is 0 Å². The Hall–Kier alpha value is -2.41. The van der Waals surface area contributed by atoms with Gasteiger partial charge in [-0.25, -0.2) is 0 Å². The molecule has 22 heavy (non-hydrogen) atoms. The number of hydrogen-bond donors (Lipinski definition) is 0. The smallest absolute Gasteiger partial charge is 0.163 e. The second-order valence-corrected chi connectivity index (χ2v) is 6.14. The molecule has 2 aromatic rings. The Labute approximate surface area is 131 Å². The standard InChI is InChI=1S/C18H20N4/c1-13(2)15-5-3-14(4-6-15)12-22(17-8-9-17)18-10-7-16(11-19)20-21-18/h3-7,10,13,17H,8-9,12H2,1-2H3. The zero-order chi connectivity index (χ0) is 15.5. The van der Waals surface area contributed by atoms with Crippen molar-refractivity contribution < 1.29 is 0 Å². The summed E-state index contributed by atoms with van der Waals surface area (Å²) in [6, 6.07) is 15.0. The first-order valence-electron chi connectivity index (χ1n) is 7.76. The quantitative estimate of drug-likeness (QED) is 0.844. The summed E-state index contributed by atoms with van der Waals surface area (Å²) in [4.78, 5) is 2.29. The van der Waals surface area contributed by atoms with E-state index < -0.39 is 0 Å². The number of aromatic nitrogens is 2. The largest absolute Gasteiger partial charge is 0.348 e. The highest BCUT2D eigenvalue weighted by atomic mass is 15.3. The Bertz CT molecular complexity index is 664. The molecular formula is C18H20N4. The van der Waals surface area contributed by atoms with Gasteiger partial charge in [-0.1, -0.05) is 38.1 Å². The maximum absolute atomic E-state index is 8.83. The van der Waals surface area contributed by atoms with Gasteiger partial charge in [-0.05, 0) is 42.0 Å². The van der Waals surface area contributed by atoms with Crippen molar-refractivity contribution in [2.45, 2.75) is 45.2 Å². The number of benzene rings is 1. The summed E-state index contributed by atoms with van der Waals surface area (Å²) in [7, 11) is 0. The SMILES string of the molecule is CC(C)c1ccc(CN(c2ccc(C#N)nn2)C2CC2)cc1. The lowest BCUT2D eigenvalue weighted by atomic mass is 10.0. The minimum atomic E-state index is 0.362. The molecule has 0 saturated heterocycles. The van der Waals surface area contributed by atoms with Gasteiger partial charge in [-0.3, -0.25) is 0 Å². The van der Waals surface area contributed by atoms with Gasteiger partial charge in [-0.2, -0.15) is 5.26 Å². The van der Waals surface area contributed by atoms with Crippen LogP contribution in [0.1, 0.15) is 49.4 Å². The van der Waals surface area contributed by atoms with E-state index in [1.165, 1.54) is 24.0 Å². The lowest BCUT2D eigenvalue weighted by Gasteiger charge is -2.23. The average molecular weight is 292 g/mol. The summed E-state index contributed by atoms with van der Waals surface area (Å²) < 4.78 is 0. The van der Waals surface area contributed by atoms with E-state index in [0.29, 0.717) is 17.7 Å². The van der Waals surface area contributed by atoms with Crippen molar-refractivity contribution in [3.05, 3.63) is 53.2 Å². The molecule has 0 spiro atoms. The normalized spacial score (nSPS) is 13.9. The lowest BCUT2D eigenvalue weighted by Crippen LogP contribution is -2.26. The van der Waals surface area contributed by atoms with E-state index in [1.807, 2.05) is 12.1 Å². The molecule has 1 aliphatic carbocycles. The molecule has 1 fully saturated rings. The van der Waals surface area contributed by atoms with E-state index in [4.69, 9.17) is 5.26 Å². The predicted octanol–water partition coefficient (Wildman–Crippen LogP) is 3.64. The molecule has 112 valence electrons. The Morgan fingerprint density at radius 1 is 1.14 bits per heavy atom. The molecule has 0 bridgehead atoms. The number of rotatable bonds is 5. The molecule has 4 nitrogen and oxygen atoms in total. The average Bonchev–Trinajstić information content (AvgIpc) is 3.38. The molecule has 0 amide bonds. The fourth-order valence-electron chi connectivity index (χ4n) is 2.53. The number of nitriles is 1. The fourth-order valence-corrected chi connectivity index (χ4v) is 2.53. The summed E-state index contributed by atoms with van der Waals surface area (Å²) >= 11 is 0. The summed E-state index contributed by atoms with van der Waals surface area (Å²) in [6.45, 7) is 5.25. The molecule has 1 heterocycles. The van der Waals surface area contributed by atoms with Crippen LogP contribution < -0.4 is 4.90 Å². The number of nitrogens with zero attached hydrogens (tertiary/aromatic N) is 4. The minimum Gasteiger partial charge on any atom is -0.348 e. The predicted molar refractivity (Wildman–Crippen MR) is 86.5 cm³/mol. The third kappa shape index (κ3) is 3.25. The molecule has 4 heteroatoms. The van der Waals surface area contributed by atoms with Gasteiger partial charge in [0.15, 0.2) is 11.5 Å². The maximum Gasteiger partial charge on any atom is 0.163 e. The van der Waals surface area contributed by atoms with E-state index in [1.54, 1.807) is 6.07 Å². The van der Waals surface area contributed by atoms with Crippen LogP contribution in [0.25, 0.3) is 0 Å². The van der Waals surface area contributed by atoms with Gasteiger partial charge < -0.3 is 4.90 Å². The molecule has 0 aliphatic heterocycles. The van der Waals surface area contributed by atoms with Gasteiger partial charge in [0.05, 0.1) is 0 Å². The second kappa shape index (κ2) is 6.15. The summed E-state index contributed by atoms with van der Waals surface area (Å²) in [5.74, 6) is 1.41.